The third kappa shape index (κ3) is 5.24. The number of benzene rings is 3. The standard InChI is InChI=1S/C20H18ClFN2O4S2/c21-20-4-2-1-3-16(20)14-24(13-15-5-7-17(22)8-6-15)30(27,28)19-11-9-18(10-12-19)29(23,25)26/h1-12H,13-14H2,(H2,23,25,26). The van der Waals surface area contributed by atoms with Crippen molar-refractivity contribution in [3.8, 4) is 0 Å². The van der Waals surface area contributed by atoms with Gasteiger partial charge in [0, 0.05) is 18.1 Å². The van der Waals surface area contributed by atoms with Crippen molar-refractivity contribution in [3.05, 3.63) is 94.8 Å². The van der Waals surface area contributed by atoms with Crippen molar-refractivity contribution in [2.24, 2.45) is 5.14 Å². The third-order valence-corrected chi connectivity index (χ3v) is 7.47. The summed E-state index contributed by atoms with van der Waals surface area (Å²) in [4.78, 5) is -0.304. The maximum atomic E-state index is 13.3. The monoisotopic (exact) mass is 468 g/mol. The highest BCUT2D eigenvalue weighted by molar-refractivity contribution is 7.89. The van der Waals surface area contributed by atoms with Crippen molar-refractivity contribution in [2.45, 2.75) is 22.9 Å². The van der Waals surface area contributed by atoms with Crippen molar-refractivity contribution in [3.63, 3.8) is 0 Å². The molecule has 0 spiro atoms. The van der Waals surface area contributed by atoms with E-state index in [0.717, 1.165) is 12.1 Å². The van der Waals surface area contributed by atoms with E-state index in [2.05, 4.69) is 0 Å². The van der Waals surface area contributed by atoms with Crippen LogP contribution in [0.3, 0.4) is 0 Å². The molecular weight excluding hydrogens is 451 g/mol. The molecule has 158 valence electrons. The molecule has 6 nitrogen and oxygen atoms in total. The Balaban J connectivity index is 2.00. The number of sulfonamides is 2. The predicted octanol–water partition coefficient (Wildman–Crippen LogP) is 3.52. The van der Waals surface area contributed by atoms with Gasteiger partial charge in [0.05, 0.1) is 9.79 Å². The molecule has 10 heteroatoms. The molecule has 0 aliphatic carbocycles. The molecule has 0 fully saturated rings. The number of nitrogens with two attached hydrogens (primary N) is 1. The Kier molecular flexibility index (Phi) is 6.59. The average molecular weight is 469 g/mol. The van der Waals surface area contributed by atoms with Gasteiger partial charge in [-0.25, -0.2) is 26.4 Å². The van der Waals surface area contributed by atoms with Crippen LogP contribution in [0.1, 0.15) is 11.1 Å². The van der Waals surface area contributed by atoms with Gasteiger partial charge in [-0.2, -0.15) is 4.31 Å². The zero-order valence-corrected chi connectivity index (χ0v) is 18.0. The van der Waals surface area contributed by atoms with Crippen molar-refractivity contribution in [1.29, 1.82) is 0 Å². The van der Waals surface area contributed by atoms with Crippen LogP contribution in [0.15, 0.2) is 82.6 Å². The summed E-state index contributed by atoms with van der Waals surface area (Å²) in [6.07, 6.45) is 0. The molecule has 3 aromatic rings. The maximum Gasteiger partial charge on any atom is 0.243 e. The van der Waals surface area contributed by atoms with Crippen LogP contribution in [-0.2, 0) is 33.1 Å². The lowest BCUT2D eigenvalue weighted by molar-refractivity contribution is 0.401. The summed E-state index contributed by atoms with van der Waals surface area (Å²) < 4.78 is 63.9. The van der Waals surface area contributed by atoms with Crippen LogP contribution in [0.2, 0.25) is 5.02 Å². The van der Waals surface area contributed by atoms with E-state index in [1.54, 1.807) is 24.3 Å². The Morgan fingerprint density at radius 2 is 1.37 bits per heavy atom. The Bertz CT molecular complexity index is 1250. The summed E-state index contributed by atoms with van der Waals surface area (Å²) >= 11 is 6.21. The van der Waals surface area contributed by atoms with Gasteiger partial charge in [-0.1, -0.05) is 41.9 Å². The first-order valence-corrected chi connectivity index (χ1v) is 12.0. The lowest BCUT2D eigenvalue weighted by Crippen LogP contribution is -2.30. The SMILES string of the molecule is NS(=O)(=O)c1ccc(S(=O)(=O)N(Cc2ccc(F)cc2)Cc2ccccc2Cl)cc1. The fraction of sp³-hybridized carbons (Fsp3) is 0.100. The molecule has 2 N–H and O–H groups in total. The van der Waals surface area contributed by atoms with E-state index in [1.807, 2.05) is 0 Å². The second-order valence-corrected chi connectivity index (χ2v) is 10.4. The second kappa shape index (κ2) is 8.83. The molecule has 0 saturated carbocycles. The van der Waals surface area contributed by atoms with E-state index in [9.17, 15) is 21.2 Å². The number of hydrogen-bond acceptors (Lipinski definition) is 4. The van der Waals surface area contributed by atoms with Gasteiger partial charge in [0.25, 0.3) is 0 Å². The Morgan fingerprint density at radius 3 is 1.93 bits per heavy atom. The molecule has 0 aromatic heterocycles. The van der Waals surface area contributed by atoms with Crippen molar-refractivity contribution < 1.29 is 21.2 Å². The topological polar surface area (TPSA) is 97.5 Å². The van der Waals surface area contributed by atoms with Gasteiger partial charge < -0.3 is 0 Å². The zero-order valence-electron chi connectivity index (χ0n) is 15.6. The van der Waals surface area contributed by atoms with Crippen molar-refractivity contribution in [2.75, 3.05) is 0 Å². The Labute approximate surface area is 179 Å². The molecule has 0 radical (unpaired) electrons. The van der Waals surface area contributed by atoms with Gasteiger partial charge in [-0.15, -0.1) is 0 Å². The summed E-state index contributed by atoms with van der Waals surface area (Å²) in [6.45, 7) is -0.0684. The van der Waals surface area contributed by atoms with Crippen LogP contribution in [0.5, 0.6) is 0 Å². The van der Waals surface area contributed by atoms with Gasteiger partial charge in [0.2, 0.25) is 20.0 Å². The Hall–Kier alpha value is -2.30. The fourth-order valence-electron chi connectivity index (χ4n) is 2.79. The van der Waals surface area contributed by atoms with Gasteiger partial charge in [0.1, 0.15) is 5.82 Å². The maximum absolute atomic E-state index is 13.3. The smallest absolute Gasteiger partial charge is 0.225 e. The van der Waals surface area contributed by atoms with Crippen LogP contribution in [-0.4, -0.2) is 21.1 Å². The number of nitrogens with zero attached hydrogens (tertiary/aromatic N) is 1. The van der Waals surface area contributed by atoms with E-state index in [0.29, 0.717) is 16.1 Å². The van der Waals surface area contributed by atoms with Gasteiger partial charge >= 0.3 is 0 Å². The molecule has 0 aliphatic heterocycles. The largest absolute Gasteiger partial charge is 0.243 e. The lowest BCUT2D eigenvalue weighted by Gasteiger charge is -2.23. The normalized spacial score (nSPS) is 12.3. The van der Waals surface area contributed by atoms with E-state index in [4.69, 9.17) is 16.7 Å². The highest BCUT2D eigenvalue weighted by Gasteiger charge is 2.26. The molecule has 0 unspecified atom stereocenters. The van der Waals surface area contributed by atoms with E-state index in [-0.39, 0.29) is 22.9 Å². The van der Waals surface area contributed by atoms with Gasteiger partial charge in [-0.3, -0.25) is 0 Å². The molecule has 0 heterocycles. The Morgan fingerprint density at radius 1 is 0.800 bits per heavy atom. The lowest BCUT2D eigenvalue weighted by atomic mass is 10.2. The van der Waals surface area contributed by atoms with Crippen LogP contribution in [0.4, 0.5) is 4.39 Å². The minimum Gasteiger partial charge on any atom is -0.225 e. The molecule has 0 atom stereocenters. The number of halogens is 2. The summed E-state index contributed by atoms with van der Waals surface area (Å²) in [7, 11) is -7.99. The first-order chi connectivity index (χ1) is 14.1. The molecule has 0 aliphatic rings. The summed E-state index contributed by atoms with van der Waals surface area (Å²) in [5.41, 5.74) is 1.17. The molecule has 3 rings (SSSR count). The fourth-order valence-corrected chi connectivity index (χ4v) is 4.90. The number of rotatable bonds is 7. The molecule has 0 amide bonds. The molecule has 0 bridgehead atoms. The summed E-state index contributed by atoms with van der Waals surface area (Å²) in [5, 5.41) is 5.48. The van der Waals surface area contributed by atoms with Gasteiger partial charge in [0.15, 0.2) is 0 Å². The van der Waals surface area contributed by atoms with Gasteiger partial charge in [-0.05, 0) is 53.6 Å². The average Bonchev–Trinajstić information content (AvgIpc) is 2.70. The van der Waals surface area contributed by atoms with Crippen LogP contribution >= 0.6 is 11.6 Å². The molecule has 30 heavy (non-hydrogen) atoms. The minimum atomic E-state index is -4.04. The van der Waals surface area contributed by atoms with E-state index < -0.39 is 25.9 Å². The van der Waals surface area contributed by atoms with Crippen molar-refractivity contribution >= 4 is 31.6 Å². The molecular formula is C20H18ClFN2O4S2. The summed E-state index contributed by atoms with van der Waals surface area (Å²) in [6, 6.07) is 16.9. The third-order valence-electron chi connectivity index (χ3n) is 4.37. The first-order valence-electron chi connectivity index (χ1n) is 8.68. The molecule has 3 aromatic carbocycles. The van der Waals surface area contributed by atoms with Crippen LogP contribution in [0, 0.1) is 5.82 Å². The number of primary sulfonamides is 1. The highest BCUT2D eigenvalue weighted by atomic mass is 35.5. The quantitative estimate of drug-likeness (QED) is 0.573. The second-order valence-electron chi connectivity index (χ2n) is 6.51. The number of hydrogen-bond donors (Lipinski definition) is 1. The first kappa shape index (κ1) is 22.4. The molecule has 0 saturated heterocycles. The highest BCUT2D eigenvalue weighted by Crippen LogP contribution is 2.25. The predicted molar refractivity (Wildman–Crippen MR) is 112 cm³/mol. The van der Waals surface area contributed by atoms with Crippen LogP contribution < -0.4 is 5.14 Å². The minimum absolute atomic E-state index is 0.0314. The van der Waals surface area contributed by atoms with E-state index in [1.165, 1.54) is 40.7 Å². The summed E-state index contributed by atoms with van der Waals surface area (Å²) in [5.74, 6) is -0.433. The van der Waals surface area contributed by atoms with Crippen molar-refractivity contribution in [1.82, 2.24) is 4.31 Å². The van der Waals surface area contributed by atoms with Crippen LogP contribution in [0.25, 0.3) is 0 Å². The van der Waals surface area contributed by atoms with E-state index >= 15 is 0 Å². The zero-order chi connectivity index (χ0) is 21.9.